The number of halogens is 1. The number of benzene rings is 2. The molecule has 134 valence electrons. The summed E-state index contributed by atoms with van der Waals surface area (Å²) in [5, 5.41) is 10.5. The fourth-order valence-corrected chi connectivity index (χ4v) is 4.35. The van der Waals surface area contributed by atoms with Crippen LogP contribution in [-0.4, -0.2) is 22.8 Å². The topological polar surface area (TPSA) is 51.5 Å². The van der Waals surface area contributed by atoms with Crippen LogP contribution in [0.3, 0.4) is 0 Å². The van der Waals surface area contributed by atoms with Crippen LogP contribution in [0.5, 0.6) is 5.75 Å². The Hall–Kier alpha value is -2.46. The van der Waals surface area contributed by atoms with Crippen LogP contribution in [0, 0.1) is 0 Å². The second-order valence-corrected chi connectivity index (χ2v) is 7.22. The van der Waals surface area contributed by atoms with Crippen LogP contribution >= 0.6 is 11.6 Å². The molecule has 5 heteroatoms. The Bertz CT molecular complexity index is 964. The summed E-state index contributed by atoms with van der Waals surface area (Å²) in [6.45, 7) is 0.661. The van der Waals surface area contributed by atoms with E-state index in [0.29, 0.717) is 19.4 Å². The molecular weight excluding hydrogens is 350 g/mol. The summed E-state index contributed by atoms with van der Waals surface area (Å²) in [6, 6.07) is 16.0. The van der Waals surface area contributed by atoms with Gasteiger partial charge >= 0.3 is 5.97 Å². The van der Waals surface area contributed by atoms with E-state index in [0.717, 1.165) is 33.5 Å². The van der Waals surface area contributed by atoms with Gasteiger partial charge in [-0.2, -0.15) is 0 Å². The number of rotatable bonds is 4. The molecule has 0 saturated carbocycles. The zero-order valence-electron chi connectivity index (χ0n) is 14.5. The quantitative estimate of drug-likeness (QED) is 0.662. The van der Waals surface area contributed by atoms with Crippen molar-refractivity contribution in [3.63, 3.8) is 0 Å². The molecule has 1 N–H and O–H groups in total. The summed E-state index contributed by atoms with van der Waals surface area (Å²) in [4.78, 5) is 11.9. The Morgan fingerprint density at radius 3 is 2.69 bits per heavy atom. The lowest BCUT2D eigenvalue weighted by molar-refractivity contribution is -0.139. The fourth-order valence-electron chi connectivity index (χ4n) is 3.99. The van der Waals surface area contributed by atoms with Gasteiger partial charge in [0.15, 0.2) is 0 Å². The summed E-state index contributed by atoms with van der Waals surface area (Å²) < 4.78 is 7.55. The van der Waals surface area contributed by atoms with E-state index in [1.807, 2.05) is 36.4 Å². The van der Waals surface area contributed by atoms with Crippen LogP contribution in [-0.2, 0) is 11.3 Å². The van der Waals surface area contributed by atoms with E-state index in [1.54, 1.807) is 7.11 Å². The third kappa shape index (κ3) is 2.74. The van der Waals surface area contributed by atoms with Gasteiger partial charge in [0.2, 0.25) is 0 Å². The highest BCUT2D eigenvalue weighted by atomic mass is 35.5. The Morgan fingerprint density at radius 1 is 1.23 bits per heavy atom. The molecule has 0 fully saturated rings. The molecule has 1 aromatic heterocycles. The van der Waals surface area contributed by atoms with Gasteiger partial charge in [-0.25, -0.2) is 0 Å². The van der Waals surface area contributed by atoms with Crippen molar-refractivity contribution < 1.29 is 14.6 Å². The van der Waals surface area contributed by atoms with E-state index in [9.17, 15) is 9.90 Å². The number of aliphatic carboxylic acids is 1. The van der Waals surface area contributed by atoms with Crippen LogP contribution in [0.1, 0.15) is 41.0 Å². The van der Waals surface area contributed by atoms with Gasteiger partial charge in [0.1, 0.15) is 5.75 Å². The first-order valence-corrected chi connectivity index (χ1v) is 9.14. The van der Waals surface area contributed by atoms with Crippen LogP contribution in [0.2, 0.25) is 0 Å². The Morgan fingerprint density at radius 2 is 2.00 bits per heavy atom. The molecule has 26 heavy (non-hydrogen) atoms. The zero-order chi connectivity index (χ0) is 18.3. The van der Waals surface area contributed by atoms with E-state index >= 15 is 0 Å². The number of carboxylic acid groups (broad SMARTS) is 1. The average Bonchev–Trinajstić information content (AvgIpc) is 2.97. The Balaban J connectivity index is 1.99. The molecule has 1 aliphatic carbocycles. The highest BCUT2D eigenvalue weighted by Crippen LogP contribution is 2.47. The van der Waals surface area contributed by atoms with Crippen LogP contribution < -0.4 is 4.74 Å². The van der Waals surface area contributed by atoms with Gasteiger partial charge in [-0.3, -0.25) is 4.79 Å². The predicted octanol–water partition coefficient (Wildman–Crippen LogP) is 4.94. The van der Waals surface area contributed by atoms with Crippen molar-refractivity contribution in [2.45, 2.75) is 30.7 Å². The molecule has 1 heterocycles. The van der Waals surface area contributed by atoms with Gasteiger partial charge in [0.25, 0.3) is 0 Å². The maximum Gasteiger partial charge on any atom is 0.311 e. The van der Waals surface area contributed by atoms with Gasteiger partial charge in [-0.05, 0) is 42.2 Å². The van der Waals surface area contributed by atoms with Crippen LogP contribution in [0.4, 0.5) is 0 Å². The number of aromatic nitrogens is 1. The molecule has 2 unspecified atom stereocenters. The first kappa shape index (κ1) is 17.0. The number of carboxylic acids is 1. The minimum Gasteiger partial charge on any atom is -0.497 e. The van der Waals surface area contributed by atoms with Crippen molar-refractivity contribution >= 4 is 28.5 Å². The third-order valence-electron chi connectivity index (χ3n) is 5.19. The van der Waals surface area contributed by atoms with Crippen LogP contribution in [0.25, 0.3) is 10.9 Å². The van der Waals surface area contributed by atoms with Crippen molar-refractivity contribution in [1.82, 2.24) is 4.57 Å². The summed E-state index contributed by atoms with van der Waals surface area (Å²) in [7, 11) is 1.62. The zero-order valence-corrected chi connectivity index (χ0v) is 15.2. The Kier molecular flexibility index (Phi) is 4.37. The van der Waals surface area contributed by atoms with Crippen molar-refractivity contribution in [3.8, 4) is 5.75 Å². The normalized spacial score (nSPS) is 19.3. The van der Waals surface area contributed by atoms with Crippen molar-refractivity contribution in [1.29, 1.82) is 0 Å². The second-order valence-electron chi connectivity index (χ2n) is 6.69. The molecule has 4 nitrogen and oxygen atoms in total. The number of ether oxygens (including phenoxy) is 1. The van der Waals surface area contributed by atoms with E-state index in [-0.39, 0.29) is 5.38 Å². The number of methoxy groups -OCH3 is 1. The minimum absolute atomic E-state index is 0.192. The molecule has 1 aliphatic rings. The molecule has 2 atom stereocenters. The third-order valence-corrected chi connectivity index (χ3v) is 5.61. The summed E-state index contributed by atoms with van der Waals surface area (Å²) in [5.41, 5.74) is 3.92. The molecule has 0 bridgehead atoms. The largest absolute Gasteiger partial charge is 0.497 e. The molecule has 0 saturated heterocycles. The lowest BCUT2D eigenvalue weighted by atomic mass is 9.85. The average molecular weight is 370 g/mol. The smallest absolute Gasteiger partial charge is 0.311 e. The molecule has 0 spiro atoms. The summed E-state index contributed by atoms with van der Waals surface area (Å²) in [5.74, 6) is -0.610. The molecule has 3 aromatic rings. The van der Waals surface area contributed by atoms with Gasteiger partial charge in [0.05, 0.1) is 18.4 Å². The molecule has 0 aliphatic heterocycles. The molecule has 0 amide bonds. The number of hydrogen-bond acceptors (Lipinski definition) is 2. The molecule has 0 radical (unpaired) electrons. The SMILES string of the molecule is COc1ccc2c(c1)c1c(n2Cc2ccccc2)C(Cl)CCC1C(=O)O. The van der Waals surface area contributed by atoms with Gasteiger partial charge in [-0.1, -0.05) is 30.3 Å². The second kappa shape index (κ2) is 6.69. The van der Waals surface area contributed by atoms with E-state index in [1.165, 1.54) is 0 Å². The lowest BCUT2D eigenvalue weighted by Gasteiger charge is -2.25. The fraction of sp³-hybridized carbons (Fsp3) is 0.286. The first-order chi connectivity index (χ1) is 12.6. The maximum absolute atomic E-state index is 11.9. The molecular formula is C21H20ClNO3. The van der Waals surface area contributed by atoms with Crippen molar-refractivity contribution in [2.24, 2.45) is 0 Å². The number of carbonyl (C=O) groups is 1. The van der Waals surface area contributed by atoms with E-state index < -0.39 is 11.9 Å². The summed E-state index contributed by atoms with van der Waals surface area (Å²) in [6.07, 6.45) is 1.21. The van der Waals surface area contributed by atoms with Crippen LogP contribution in [0.15, 0.2) is 48.5 Å². The van der Waals surface area contributed by atoms with Gasteiger partial charge in [-0.15, -0.1) is 11.6 Å². The van der Waals surface area contributed by atoms with E-state index in [4.69, 9.17) is 16.3 Å². The number of alkyl halides is 1. The first-order valence-electron chi connectivity index (χ1n) is 8.71. The number of hydrogen-bond donors (Lipinski definition) is 1. The highest BCUT2D eigenvalue weighted by Gasteiger charge is 2.36. The highest BCUT2D eigenvalue weighted by molar-refractivity contribution is 6.21. The number of nitrogens with zero attached hydrogens (tertiary/aromatic N) is 1. The predicted molar refractivity (Wildman–Crippen MR) is 102 cm³/mol. The maximum atomic E-state index is 11.9. The standard InChI is InChI=1S/C21H20ClNO3/c1-26-14-7-10-18-16(11-14)19-15(21(24)25)8-9-17(22)20(19)23(18)12-13-5-3-2-4-6-13/h2-7,10-11,15,17H,8-9,12H2,1H3,(H,24,25). The van der Waals surface area contributed by atoms with Crippen molar-refractivity contribution in [3.05, 3.63) is 65.4 Å². The van der Waals surface area contributed by atoms with E-state index in [2.05, 4.69) is 16.7 Å². The minimum atomic E-state index is -0.795. The van der Waals surface area contributed by atoms with Gasteiger partial charge in [0, 0.05) is 23.1 Å². The van der Waals surface area contributed by atoms with Crippen molar-refractivity contribution in [2.75, 3.05) is 7.11 Å². The molecule has 2 aromatic carbocycles. The lowest BCUT2D eigenvalue weighted by Crippen LogP contribution is -2.20. The molecule has 4 rings (SSSR count). The van der Waals surface area contributed by atoms with Gasteiger partial charge < -0.3 is 14.4 Å². The Labute approximate surface area is 157 Å². The monoisotopic (exact) mass is 369 g/mol. The number of fused-ring (bicyclic) bond motifs is 3. The summed E-state index contributed by atoms with van der Waals surface area (Å²) >= 11 is 6.69.